The van der Waals surface area contributed by atoms with Gasteiger partial charge in [-0.2, -0.15) is 0 Å². The van der Waals surface area contributed by atoms with E-state index in [0.717, 1.165) is 18.4 Å². The summed E-state index contributed by atoms with van der Waals surface area (Å²) >= 11 is 3.24. The number of hydrogen-bond donors (Lipinski definition) is 1. The molecular weight excluding hydrogens is 285 g/mol. The number of rotatable bonds is 4. The summed E-state index contributed by atoms with van der Waals surface area (Å²) in [7, 11) is 0. The van der Waals surface area contributed by atoms with E-state index >= 15 is 0 Å². The predicted octanol–water partition coefficient (Wildman–Crippen LogP) is 3.23. The molecule has 2 rings (SSSR count). The van der Waals surface area contributed by atoms with E-state index in [2.05, 4.69) is 15.9 Å². The SMILES string of the molecule is NCC1CCCC1OCc1cccc(F)c1Br. The lowest BCUT2D eigenvalue weighted by Crippen LogP contribution is -2.25. The Kier molecular flexibility index (Phi) is 4.54. The molecular formula is C13H17BrFNO. The molecule has 0 amide bonds. The van der Waals surface area contributed by atoms with Gasteiger partial charge in [0.05, 0.1) is 17.2 Å². The van der Waals surface area contributed by atoms with Crippen molar-refractivity contribution in [1.29, 1.82) is 0 Å². The number of nitrogens with two attached hydrogens (primary N) is 1. The largest absolute Gasteiger partial charge is 0.373 e. The van der Waals surface area contributed by atoms with Gasteiger partial charge in [0, 0.05) is 0 Å². The van der Waals surface area contributed by atoms with E-state index in [1.54, 1.807) is 6.07 Å². The fourth-order valence-electron chi connectivity index (χ4n) is 2.35. The Hall–Kier alpha value is -0.450. The first-order chi connectivity index (χ1) is 8.22. The van der Waals surface area contributed by atoms with Gasteiger partial charge in [-0.05, 0) is 52.9 Å². The van der Waals surface area contributed by atoms with Crippen molar-refractivity contribution in [3.8, 4) is 0 Å². The molecule has 0 saturated heterocycles. The first kappa shape index (κ1) is 13.0. The molecule has 1 aromatic carbocycles. The van der Waals surface area contributed by atoms with Crippen molar-refractivity contribution in [1.82, 2.24) is 0 Å². The topological polar surface area (TPSA) is 35.2 Å². The van der Waals surface area contributed by atoms with Crippen molar-refractivity contribution in [2.75, 3.05) is 6.54 Å². The minimum absolute atomic E-state index is 0.232. The Morgan fingerprint density at radius 1 is 1.41 bits per heavy atom. The van der Waals surface area contributed by atoms with Crippen LogP contribution >= 0.6 is 15.9 Å². The molecule has 0 aliphatic heterocycles. The van der Waals surface area contributed by atoms with Crippen LogP contribution < -0.4 is 5.73 Å². The molecule has 0 radical (unpaired) electrons. The maximum atomic E-state index is 13.3. The highest BCUT2D eigenvalue weighted by Crippen LogP contribution is 2.29. The van der Waals surface area contributed by atoms with Crippen LogP contribution in [0.3, 0.4) is 0 Å². The highest BCUT2D eigenvalue weighted by Gasteiger charge is 2.26. The van der Waals surface area contributed by atoms with E-state index in [9.17, 15) is 4.39 Å². The summed E-state index contributed by atoms with van der Waals surface area (Å²) in [5.74, 6) is 0.218. The second-order valence-corrected chi connectivity index (χ2v) is 5.28. The molecule has 1 aliphatic carbocycles. The summed E-state index contributed by atoms with van der Waals surface area (Å²) in [6, 6.07) is 5.01. The molecule has 1 saturated carbocycles. The Labute approximate surface area is 109 Å². The minimum atomic E-state index is -0.243. The lowest BCUT2D eigenvalue weighted by Gasteiger charge is -2.19. The quantitative estimate of drug-likeness (QED) is 0.927. The smallest absolute Gasteiger partial charge is 0.137 e. The Bertz CT molecular complexity index is 386. The van der Waals surface area contributed by atoms with E-state index in [1.165, 1.54) is 12.5 Å². The van der Waals surface area contributed by atoms with E-state index in [-0.39, 0.29) is 11.9 Å². The Morgan fingerprint density at radius 3 is 3.00 bits per heavy atom. The van der Waals surface area contributed by atoms with Crippen LogP contribution in [0.1, 0.15) is 24.8 Å². The summed E-state index contributed by atoms with van der Waals surface area (Å²) < 4.78 is 19.7. The minimum Gasteiger partial charge on any atom is -0.373 e. The molecule has 2 N–H and O–H groups in total. The molecule has 1 aliphatic rings. The average Bonchev–Trinajstić information content (AvgIpc) is 2.78. The number of hydrogen-bond acceptors (Lipinski definition) is 2. The third kappa shape index (κ3) is 3.06. The van der Waals surface area contributed by atoms with Crippen molar-refractivity contribution in [3.63, 3.8) is 0 Å². The molecule has 0 heterocycles. The van der Waals surface area contributed by atoms with Crippen LogP contribution in [0.2, 0.25) is 0 Å². The van der Waals surface area contributed by atoms with Gasteiger partial charge in [0.25, 0.3) is 0 Å². The van der Waals surface area contributed by atoms with Crippen LogP contribution in [0.15, 0.2) is 22.7 Å². The number of benzene rings is 1. The van der Waals surface area contributed by atoms with Crippen LogP contribution in [-0.4, -0.2) is 12.6 Å². The first-order valence-electron chi connectivity index (χ1n) is 5.97. The molecule has 4 heteroatoms. The highest BCUT2D eigenvalue weighted by atomic mass is 79.9. The fourth-order valence-corrected chi connectivity index (χ4v) is 2.73. The normalized spacial score (nSPS) is 24.2. The lowest BCUT2D eigenvalue weighted by atomic mass is 10.1. The molecule has 2 unspecified atom stereocenters. The molecule has 0 spiro atoms. The molecule has 1 fully saturated rings. The third-order valence-electron chi connectivity index (χ3n) is 3.38. The number of ether oxygens (including phenoxy) is 1. The van der Waals surface area contributed by atoms with Gasteiger partial charge in [0.2, 0.25) is 0 Å². The first-order valence-corrected chi connectivity index (χ1v) is 6.76. The van der Waals surface area contributed by atoms with Gasteiger partial charge in [-0.15, -0.1) is 0 Å². The summed E-state index contributed by atoms with van der Waals surface area (Å²) in [5.41, 5.74) is 6.55. The maximum Gasteiger partial charge on any atom is 0.137 e. The van der Waals surface area contributed by atoms with Crippen LogP contribution in [0, 0.1) is 11.7 Å². The van der Waals surface area contributed by atoms with Gasteiger partial charge in [-0.25, -0.2) is 4.39 Å². The molecule has 0 aromatic heterocycles. The van der Waals surface area contributed by atoms with Gasteiger partial charge >= 0.3 is 0 Å². The van der Waals surface area contributed by atoms with Crippen LogP contribution in [0.25, 0.3) is 0 Å². The van der Waals surface area contributed by atoms with Crippen molar-refractivity contribution < 1.29 is 9.13 Å². The Balaban J connectivity index is 1.95. The molecule has 0 bridgehead atoms. The summed E-state index contributed by atoms with van der Waals surface area (Å²) in [4.78, 5) is 0. The second kappa shape index (κ2) is 5.94. The molecule has 2 atom stereocenters. The molecule has 2 nitrogen and oxygen atoms in total. The van der Waals surface area contributed by atoms with E-state index in [1.807, 2.05) is 6.07 Å². The van der Waals surface area contributed by atoms with Crippen LogP contribution in [0.4, 0.5) is 4.39 Å². The second-order valence-electron chi connectivity index (χ2n) is 4.49. The molecule has 1 aromatic rings. The van der Waals surface area contributed by atoms with E-state index in [4.69, 9.17) is 10.5 Å². The van der Waals surface area contributed by atoms with Crippen molar-refractivity contribution in [3.05, 3.63) is 34.1 Å². The predicted molar refractivity (Wildman–Crippen MR) is 69.1 cm³/mol. The van der Waals surface area contributed by atoms with Crippen LogP contribution in [-0.2, 0) is 11.3 Å². The van der Waals surface area contributed by atoms with Gasteiger partial charge in [0.1, 0.15) is 5.82 Å². The van der Waals surface area contributed by atoms with Gasteiger partial charge < -0.3 is 10.5 Å². The maximum absolute atomic E-state index is 13.3. The van der Waals surface area contributed by atoms with Gasteiger partial charge in [0.15, 0.2) is 0 Å². The highest BCUT2D eigenvalue weighted by molar-refractivity contribution is 9.10. The zero-order chi connectivity index (χ0) is 12.3. The lowest BCUT2D eigenvalue weighted by molar-refractivity contribution is 0.0178. The van der Waals surface area contributed by atoms with E-state index < -0.39 is 0 Å². The van der Waals surface area contributed by atoms with Crippen molar-refractivity contribution in [2.24, 2.45) is 11.7 Å². The van der Waals surface area contributed by atoms with Crippen molar-refractivity contribution in [2.45, 2.75) is 32.0 Å². The van der Waals surface area contributed by atoms with Crippen LogP contribution in [0.5, 0.6) is 0 Å². The van der Waals surface area contributed by atoms with E-state index in [0.29, 0.717) is 23.5 Å². The van der Waals surface area contributed by atoms with Crippen molar-refractivity contribution >= 4 is 15.9 Å². The summed E-state index contributed by atoms with van der Waals surface area (Å²) in [5, 5.41) is 0. The summed E-state index contributed by atoms with van der Waals surface area (Å²) in [6.07, 6.45) is 3.62. The average molecular weight is 302 g/mol. The molecule has 94 valence electrons. The Morgan fingerprint density at radius 2 is 2.24 bits per heavy atom. The molecule has 17 heavy (non-hydrogen) atoms. The fraction of sp³-hybridized carbons (Fsp3) is 0.538. The zero-order valence-corrected chi connectivity index (χ0v) is 11.2. The summed E-state index contributed by atoms with van der Waals surface area (Å²) in [6.45, 7) is 1.12. The van der Waals surface area contributed by atoms with Gasteiger partial charge in [-0.3, -0.25) is 0 Å². The monoisotopic (exact) mass is 301 g/mol. The van der Waals surface area contributed by atoms with Gasteiger partial charge in [-0.1, -0.05) is 18.6 Å². The zero-order valence-electron chi connectivity index (χ0n) is 9.66. The standard InChI is InChI=1S/C13H17BrFNO/c14-13-10(4-1-5-11(13)15)8-17-12-6-2-3-9(12)7-16/h1,4-5,9,12H,2-3,6-8,16H2. The number of halogens is 2. The third-order valence-corrected chi connectivity index (χ3v) is 4.26.